The molecule has 9 heteroatoms. The number of amides is 1. The largest absolute Gasteiger partial charge is 0.507 e. The summed E-state index contributed by atoms with van der Waals surface area (Å²) in [4.78, 5) is 30.2. The third kappa shape index (κ3) is 6.15. The van der Waals surface area contributed by atoms with Crippen LogP contribution < -0.4 is 18.9 Å². The van der Waals surface area contributed by atoms with Crippen molar-refractivity contribution < 1.29 is 33.6 Å². The highest BCUT2D eigenvalue weighted by molar-refractivity contribution is 6.46. The van der Waals surface area contributed by atoms with Crippen LogP contribution in [0.4, 0.5) is 0 Å². The van der Waals surface area contributed by atoms with Crippen molar-refractivity contribution in [3.05, 3.63) is 88.5 Å². The summed E-state index contributed by atoms with van der Waals surface area (Å²) in [5.74, 6) is 0.0521. The highest BCUT2D eigenvalue weighted by Crippen LogP contribution is 2.45. The number of carbonyl (C=O) groups is 2. The maximum atomic E-state index is 13.5. The lowest BCUT2D eigenvalue weighted by atomic mass is 9.94. The number of Topliss-reactive ketones (excluding diaryl/α,β-unsaturated/α-hetero) is 1. The van der Waals surface area contributed by atoms with Crippen molar-refractivity contribution in [3.8, 4) is 23.0 Å². The topological polar surface area (TPSA) is 97.8 Å². The molecular weight excluding hydrogens is 524 g/mol. The number of hydrogen-bond donors (Lipinski definition) is 1. The number of ketones is 1. The number of benzene rings is 3. The van der Waals surface area contributed by atoms with E-state index in [1.165, 1.54) is 26.2 Å². The van der Waals surface area contributed by atoms with Crippen LogP contribution in [0.3, 0.4) is 0 Å². The molecule has 4 rings (SSSR count). The van der Waals surface area contributed by atoms with E-state index in [1.54, 1.807) is 30.3 Å². The molecule has 0 aromatic heterocycles. The summed E-state index contributed by atoms with van der Waals surface area (Å²) in [5.41, 5.74) is 2.73. The first-order valence-corrected chi connectivity index (χ1v) is 13.2. The van der Waals surface area contributed by atoms with Gasteiger partial charge in [-0.05, 0) is 68.0 Å². The van der Waals surface area contributed by atoms with Gasteiger partial charge in [0, 0.05) is 18.7 Å². The van der Waals surface area contributed by atoms with E-state index in [4.69, 9.17) is 18.9 Å². The van der Waals surface area contributed by atoms with Crippen molar-refractivity contribution in [1.29, 1.82) is 0 Å². The van der Waals surface area contributed by atoms with Crippen molar-refractivity contribution in [1.82, 2.24) is 9.80 Å². The lowest BCUT2D eigenvalue weighted by Gasteiger charge is -2.27. The molecule has 216 valence electrons. The monoisotopic (exact) mass is 560 g/mol. The number of nitrogens with zero attached hydrogens (tertiary/aromatic N) is 2. The average molecular weight is 561 g/mol. The van der Waals surface area contributed by atoms with E-state index in [0.29, 0.717) is 47.3 Å². The molecule has 0 unspecified atom stereocenters. The zero-order chi connectivity index (χ0) is 29.7. The van der Waals surface area contributed by atoms with Crippen LogP contribution in [0.15, 0.2) is 66.2 Å². The van der Waals surface area contributed by atoms with Gasteiger partial charge in [-0.2, -0.15) is 0 Å². The lowest BCUT2D eigenvalue weighted by molar-refractivity contribution is -0.140. The van der Waals surface area contributed by atoms with Crippen molar-refractivity contribution in [2.24, 2.45) is 0 Å². The number of aliphatic hydroxyl groups is 1. The zero-order valence-corrected chi connectivity index (χ0v) is 24.3. The minimum absolute atomic E-state index is 0.0135. The number of rotatable bonds is 11. The Balaban J connectivity index is 1.79. The third-order valence-corrected chi connectivity index (χ3v) is 7.02. The van der Waals surface area contributed by atoms with Gasteiger partial charge in [0.05, 0.1) is 32.9 Å². The van der Waals surface area contributed by atoms with Crippen molar-refractivity contribution >= 4 is 17.4 Å². The Bertz CT molecular complexity index is 1420. The standard InChI is InChI=1S/C32H36N2O7/c1-20-16-22(12-13-24(20)41-19-21-10-8-7-9-11-21)29(35)27-28(34(15-14-33(2)3)32(37)30(27)36)23-17-25(38-4)31(40-6)26(18-23)39-5/h7-13,16-18,28,35H,14-15,19H2,1-6H3/t28-/m0/s1. The number of aliphatic hydroxyl groups excluding tert-OH is 1. The van der Waals surface area contributed by atoms with E-state index in [2.05, 4.69) is 0 Å². The van der Waals surface area contributed by atoms with Gasteiger partial charge in [0.25, 0.3) is 11.7 Å². The summed E-state index contributed by atoms with van der Waals surface area (Å²) in [7, 11) is 8.26. The summed E-state index contributed by atoms with van der Waals surface area (Å²) < 4.78 is 22.5. The van der Waals surface area contributed by atoms with Crippen LogP contribution in [0.1, 0.15) is 28.3 Å². The van der Waals surface area contributed by atoms with Crippen LogP contribution in [0, 0.1) is 6.92 Å². The average Bonchev–Trinajstić information content (AvgIpc) is 3.23. The Hall–Kier alpha value is -4.50. The second-order valence-electron chi connectivity index (χ2n) is 10.0. The normalized spacial score (nSPS) is 16.3. The molecule has 1 saturated heterocycles. The number of likely N-dealkylation sites (N-methyl/N-ethyl adjacent to an activating group) is 1. The van der Waals surface area contributed by atoms with Gasteiger partial charge in [-0.25, -0.2) is 0 Å². The maximum absolute atomic E-state index is 13.5. The molecule has 1 aliphatic rings. The molecule has 1 N–H and O–H groups in total. The molecule has 1 fully saturated rings. The van der Waals surface area contributed by atoms with E-state index < -0.39 is 17.7 Å². The predicted molar refractivity (Wildman–Crippen MR) is 156 cm³/mol. The zero-order valence-electron chi connectivity index (χ0n) is 24.3. The molecule has 3 aromatic carbocycles. The Morgan fingerprint density at radius 2 is 1.56 bits per heavy atom. The predicted octanol–water partition coefficient (Wildman–Crippen LogP) is 4.58. The third-order valence-electron chi connectivity index (χ3n) is 7.02. The van der Waals surface area contributed by atoms with E-state index in [9.17, 15) is 14.7 Å². The molecule has 41 heavy (non-hydrogen) atoms. The van der Waals surface area contributed by atoms with Gasteiger partial charge in [-0.15, -0.1) is 0 Å². The maximum Gasteiger partial charge on any atom is 0.295 e. The molecule has 0 aliphatic carbocycles. The summed E-state index contributed by atoms with van der Waals surface area (Å²) in [6.07, 6.45) is 0. The SMILES string of the molecule is COc1cc([C@H]2C(=C(O)c3ccc(OCc4ccccc4)c(C)c3)C(=O)C(=O)N2CCN(C)C)cc(OC)c1OC. The molecule has 0 spiro atoms. The van der Waals surface area contributed by atoms with Gasteiger partial charge < -0.3 is 33.9 Å². The number of aryl methyl sites for hydroxylation is 1. The summed E-state index contributed by atoms with van der Waals surface area (Å²) >= 11 is 0. The van der Waals surface area contributed by atoms with Gasteiger partial charge in [-0.1, -0.05) is 30.3 Å². The first-order valence-electron chi connectivity index (χ1n) is 13.2. The highest BCUT2D eigenvalue weighted by Gasteiger charge is 2.46. The number of likely N-dealkylation sites (tertiary alicyclic amines) is 1. The van der Waals surface area contributed by atoms with E-state index in [0.717, 1.165) is 11.1 Å². The second-order valence-corrected chi connectivity index (χ2v) is 10.0. The van der Waals surface area contributed by atoms with Crippen molar-refractivity contribution in [3.63, 3.8) is 0 Å². The molecule has 0 bridgehead atoms. The minimum atomic E-state index is -0.877. The van der Waals surface area contributed by atoms with E-state index >= 15 is 0 Å². The lowest BCUT2D eigenvalue weighted by Crippen LogP contribution is -2.35. The summed E-state index contributed by atoms with van der Waals surface area (Å²) in [5, 5.41) is 11.6. The Kier molecular flexibility index (Phi) is 9.19. The fourth-order valence-electron chi connectivity index (χ4n) is 4.87. The first kappa shape index (κ1) is 29.5. The van der Waals surface area contributed by atoms with Gasteiger partial charge >= 0.3 is 0 Å². The Labute approximate surface area is 240 Å². The van der Waals surface area contributed by atoms with Crippen LogP contribution >= 0.6 is 0 Å². The second kappa shape index (κ2) is 12.8. The van der Waals surface area contributed by atoms with Gasteiger partial charge in [0.15, 0.2) is 11.5 Å². The van der Waals surface area contributed by atoms with Crippen LogP contribution in [-0.4, -0.2) is 75.1 Å². The summed E-state index contributed by atoms with van der Waals surface area (Å²) in [6, 6.07) is 17.5. The number of carbonyl (C=O) groups excluding carboxylic acids is 2. The first-order chi connectivity index (χ1) is 19.7. The van der Waals surface area contributed by atoms with E-state index in [-0.39, 0.29) is 17.9 Å². The van der Waals surface area contributed by atoms with Crippen LogP contribution in [0.2, 0.25) is 0 Å². The smallest absolute Gasteiger partial charge is 0.295 e. The van der Waals surface area contributed by atoms with Gasteiger partial charge in [0.1, 0.15) is 18.1 Å². The molecular formula is C32H36N2O7. The number of ether oxygens (including phenoxy) is 4. The van der Waals surface area contributed by atoms with E-state index in [1.807, 2.05) is 56.3 Å². The van der Waals surface area contributed by atoms with Crippen LogP contribution in [0.25, 0.3) is 5.76 Å². The molecule has 1 atom stereocenters. The van der Waals surface area contributed by atoms with Gasteiger partial charge in [-0.3, -0.25) is 9.59 Å². The molecule has 0 saturated carbocycles. The van der Waals surface area contributed by atoms with Gasteiger partial charge in [0.2, 0.25) is 5.75 Å². The summed E-state index contributed by atoms with van der Waals surface area (Å²) in [6.45, 7) is 3.04. The molecule has 9 nitrogen and oxygen atoms in total. The number of hydrogen-bond acceptors (Lipinski definition) is 8. The quantitative estimate of drug-likeness (QED) is 0.207. The Morgan fingerprint density at radius 1 is 0.902 bits per heavy atom. The van der Waals surface area contributed by atoms with Crippen molar-refractivity contribution in [2.45, 2.75) is 19.6 Å². The molecule has 1 amide bonds. The fourth-order valence-corrected chi connectivity index (χ4v) is 4.87. The molecule has 0 radical (unpaired) electrons. The minimum Gasteiger partial charge on any atom is -0.507 e. The fraction of sp³-hybridized carbons (Fsp3) is 0.312. The Morgan fingerprint density at radius 3 is 2.12 bits per heavy atom. The van der Waals surface area contributed by atoms with Crippen LogP contribution in [0.5, 0.6) is 23.0 Å². The van der Waals surface area contributed by atoms with Crippen molar-refractivity contribution in [2.75, 3.05) is 48.5 Å². The molecule has 3 aromatic rings. The highest BCUT2D eigenvalue weighted by atomic mass is 16.5. The molecule has 1 heterocycles. The molecule has 1 aliphatic heterocycles. The van der Waals surface area contributed by atoms with Crippen LogP contribution in [-0.2, 0) is 16.2 Å². The number of methoxy groups -OCH3 is 3.